The average molecular weight is 224 g/mol. The minimum absolute atomic E-state index is 0.135. The normalized spacial score (nSPS) is 20.1. The Hall–Kier alpha value is -0.300. The van der Waals surface area contributed by atoms with E-state index in [1.165, 1.54) is 63.4 Å². The molecule has 1 aliphatic rings. The van der Waals surface area contributed by atoms with E-state index in [4.69, 9.17) is 0 Å². The van der Waals surface area contributed by atoms with E-state index in [-0.39, 0.29) is 6.10 Å². The van der Waals surface area contributed by atoms with Crippen molar-refractivity contribution < 1.29 is 5.11 Å². The maximum atomic E-state index is 9.35. The highest BCUT2D eigenvalue weighted by atomic mass is 16.3. The Morgan fingerprint density at radius 3 is 2.25 bits per heavy atom. The molecular weight excluding hydrogens is 196 g/mol. The molecule has 16 heavy (non-hydrogen) atoms. The van der Waals surface area contributed by atoms with Crippen molar-refractivity contribution in [3.8, 4) is 0 Å². The summed E-state index contributed by atoms with van der Waals surface area (Å²) in [5.74, 6) is 0. The molecule has 0 saturated carbocycles. The molecule has 0 bridgehead atoms. The summed E-state index contributed by atoms with van der Waals surface area (Å²) in [6, 6.07) is 0. The Morgan fingerprint density at radius 2 is 1.69 bits per heavy atom. The molecule has 94 valence electrons. The van der Waals surface area contributed by atoms with Crippen molar-refractivity contribution in [1.82, 2.24) is 0 Å². The molecule has 1 N–H and O–H groups in total. The number of unbranched alkanes of at least 4 members (excludes halogenated alkanes) is 7. The van der Waals surface area contributed by atoms with E-state index in [9.17, 15) is 5.11 Å². The predicted octanol–water partition coefficient (Wildman–Crippen LogP) is 4.60. The first-order chi connectivity index (χ1) is 7.83. The number of rotatable bonds is 9. The summed E-state index contributed by atoms with van der Waals surface area (Å²) in [6.07, 6.45) is 16.4. The Kier molecular flexibility index (Phi) is 7.58. The summed E-state index contributed by atoms with van der Waals surface area (Å²) < 4.78 is 0. The van der Waals surface area contributed by atoms with Gasteiger partial charge in [0.2, 0.25) is 0 Å². The molecule has 1 atom stereocenters. The minimum atomic E-state index is -0.135. The van der Waals surface area contributed by atoms with Gasteiger partial charge in [0.1, 0.15) is 0 Å². The molecule has 0 heterocycles. The molecule has 0 amide bonds. The fourth-order valence-corrected chi connectivity index (χ4v) is 2.47. The second-order valence-corrected chi connectivity index (χ2v) is 5.16. The molecule has 0 fully saturated rings. The van der Waals surface area contributed by atoms with Crippen LogP contribution in [0, 0.1) is 0 Å². The quantitative estimate of drug-likeness (QED) is 0.448. The van der Waals surface area contributed by atoms with Gasteiger partial charge in [-0.15, -0.1) is 0 Å². The smallest absolute Gasteiger partial charge is 0.0726 e. The van der Waals surface area contributed by atoms with Crippen LogP contribution in [0.3, 0.4) is 0 Å². The van der Waals surface area contributed by atoms with Gasteiger partial charge in [0.05, 0.1) is 6.10 Å². The molecule has 1 aliphatic carbocycles. The highest BCUT2D eigenvalue weighted by molar-refractivity contribution is 5.11. The van der Waals surface area contributed by atoms with Gasteiger partial charge in [-0.05, 0) is 25.7 Å². The standard InChI is InChI=1S/C15H28O/c1-2-3-4-5-6-7-8-9-10-14-11-12-15(16)13-14/h13,15-16H,2-12H2,1H3. The summed E-state index contributed by atoms with van der Waals surface area (Å²) in [4.78, 5) is 0. The van der Waals surface area contributed by atoms with Gasteiger partial charge in [-0.25, -0.2) is 0 Å². The van der Waals surface area contributed by atoms with Crippen molar-refractivity contribution in [2.45, 2.75) is 83.7 Å². The van der Waals surface area contributed by atoms with E-state index < -0.39 is 0 Å². The molecule has 0 aromatic heterocycles. The van der Waals surface area contributed by atoms with E-state index in [0.717, 1.165) is 12.8 Å². The van der Waals surface area contributed by atoms with Crippen LogP contribution in [0.4, 0.5) is 0 Å². The van der Waals surface area contributed by atoms with Gasteiger partial charge in [0.25, 0.3) is 0 Å². The lowest BCUT2D eigenvalue weighted by atomic mass is 10.0. The van der Waals surface area contributed by atoms with Crippen molar-refractivity contribution in [1.29, 1.82) is 0 Å². The summed E-state index contributed by atoms with van der Waals surface area (Å²) >= 11 is 0. The fraction of sp³-hybridized carbons (Fsp3) is 0.867. The van der Waals surface area contributed by atoms with Crippen LogP contribution in [0.2, 0.25) is 0 Å². The lowest BCUT2D eigenvalue weighted by Crippen LogP contribution is -1.93. The second kappa shape index (κ2) is 8.81. The molecule has 0 aliphatic heterocycles. The number of hydrogen-bond acceptors (Lipinski definition) is 1. The van der Waals surface area contributed by atoms with Crippen LogP contribution in [0.25, 0.3) is 0 Å². The van der Waals surface area contributed by atoms with Gasteiger partial charge < -0.3 is 5.11 Å². The minimum Gasteiger partial charge on any atom is -0.389 e. The first kappa shape index (κ1) is 13.8. The van der Waals surface area contributed by atoms with Gasteiger partial charge >= 0.3 is 0 Å². The molecule has 1 rings (SSSR count). The van der Waals surface area contributed by atoms with E-state index in [1.807, 2.05) is 0 Å². The molecule has 0 radical (unpaired) electrons. The zero-order valence-electron chi connectivity index (χ0n) is 10.9. The van der Waals surface area contributed by atoms with Crippen LogP contribution in [0.15, 0.2) is 11.6 Å². The first-order valence-corrected chi connectivity index (χ1v) is 7.20. The predicted molar refractivity (Wildman–Crippen MR) is 70.6 cm³/mol. The third-order valence-corrected chi connectivity index (χ3v) is 3.54. The number of aliphatic hydroxyl groups excluding tert-OH is 1. The topological polar surface area (TPSA) is 20.2 Å². The van der Waals surface area contributed by atoms with Gasteiger partial charge in [-0.1, -0.05) is 63.5 Å². The van der Waals surface area contributed by atoms with Crippen molar-refractivity contribution >= 4 is 0 Å². The summed E-state index contributed by atoms with van der Waals surface area (Å²) in [5, 5.41) is 9.35. The van der Waals surface area contributed by atoms with E-state index >= 15 is 0 Å². The number of allylic oxidation sites excluding steroid dienone is 1. The SMILES string of the molecule is CCCCCCCCCCC1=CC(O)CC1. The van der Waals surface area contributed by atoms with Crippen LogP contribution >= 0.6 is 0 Å². The highest BCUT2D eigenvalue weighted by Crippen LogP contribution is 2.23. The van der Waals surface area contributed by atoms with E-state index in [0.29, 0.717) is 0 Å². The zero-order valence-corrected chi connectivity index (χ0v) is 10.9. The third-order valence-electron chi connectivity index (χ3n) is 3.54. The monoisotopic (exact) mass is 224 g/mol. The van der Waals surface area contributed by atoms with Gasteiger partial charge in [-0.3, -0.25) is 0 Å². The Morgan fingerprint density at radius 1 is 1.06 bits per heavy atom. The lowest BCUT2D eigenvalue weighted by molar-refractivity contribution is 0.223. The highest BCUT2D eigenvalue weighted by Gasteiger charge is 2.11. The lowest BCUT2D eigenvalue weighted by Gasteiger charge is -2.02. The van der Waals surface area contributed by atoms with Crippen molar-refractivity contribution in [3.05, 3.63) is 11.6 Å². The number of aliphatic hydroxyl groups is 1. The fourth-order valence-electron chi connectivity index (χ4n) is 2.47. The van der Waals surface area contributed by atoms with Crippen molar-refractivity contribution in [2.75, 3.05) is 0 Å². The summed E-state index contributed by atoms with van der Waals surface area (Å²) in [6.45, 7) is 2.27. The van der Waals surface area contributed by atoms with Gasteiger partial charge in [-0.2, -0.15) is 0 Å². The van der Waals surface area contributed by atoms with Gasteiger partial charge in [0, 0.05) is 0 Å². The van der Waals surface area contributed by atoms with Crippen LogP contribution in [0.1, 0.15) is 77.6 Å². The van der Waals surface area contributed by atoms with E-state index in [1.54, 1.807) is 0 Å². The first-order valence-electron chi connectivity index (χ1n) is 7.20. The zero-order chi connectivity index (χ0) is 11.6. The summed E-state index contributed by atoms with van der Waals surface area (Å²) in [7, 11) is 0. The maximum Gasteiger partial charge on any atom is 0.0726 e. The van der Waals surface area contributed by atoms with Crippen LogP contribution in [-0.2, 0) is 0 Å². The van der Waals surface area contributed by atoms with Crippen molar-refractivity contribution in [3.63, 3.8) is 0 Å². The van der Waals surface area contributed by atoms with Crippen LogP contribution in [-0.4, -0.2) is 11.2 Å². The molecule has 0 aromatic carbocycles. The molecule has 1 unspecified atom stereocenters. The summed E-state index contributed by atoms with van der Waals surface area (Å²) in [5.41, 5.74) is 1.50. The number of hydrogen-bond donors (Lipinski definition) is 1. The molecule has 0 saturated heterocycles. The second-order valence-electron chi connectivity index (χ2n) is 5.16. The molecule has 1 heteroatoms. The van der Waals surface area contributed by atoms with Crippen molar-refractivity contribution in [2.24, 2.45) is 0 Å². The molecule has 0 aromatic rings. The van der Waals surface area contributed by atoms with Gasteiger partial charge in [0.15, 0.2) is 0 Å². The third kappa shape index (κ3) is 6.32. The van der Waals surface area contributed by atoms with E-state index in [2.05, 4.69) is 13.0 Å². The van der Waals surface area contributed by atoms with Crippen LogP contribution < -0.4 is 0 Å². The molecule has 0 spiro atoms. The Balaban J connectivity index is 1.83. The van der Waals surface area contributed by atoms with Crippen LogP contribution in [0.5, 0.6) is 0 Å². The molecular formula is C15H28O. The largest absolute Gasteiger partial charge is 0.389 e. The maximum absolute atomic E-state index is 9.35. The Bertz CT molecular complexity index is 196. The molecule has 1 nitrogen and oxygen atoms in total. The average Bonchev–Trinajstić information content (AvgIpc) is 2.68. The Labute approximate surface area is 101 Å².